The average molecular weight is 621 g/mol. The van der Waals surface area contributed by atoms with Crippen LogP contribution < -0.4 is 9.80 Å². The van der Waals surface area contributed by atoms with Crippen LogP contribution in [0.15, 0.2) is 42.6 Å². The zero-order chi connectivity index (χ0) is 30.8. The van der Waals surface area contributed by atoms with Gasteiger partial charge in [-0.2, -0.15) is 5.26 Å². The number of fused-ring (bicyclic) bond motifs is 1. The van der Waals surface area contributed by atoms with E-state index in [2.05, 4.69) is 39.5 Å². The zero-order valence-electron chi connectivity index (χ0n) is 24.7. The topological polar surface area (TPSA) is 93.2 Å². The number of carbonyl (C=O) groups is 1. The van der Waals surface area contributed by atoms with Crippen molar-refractivity contribution in [3.63, 3.8) is 0 Å². The van der Waals surface area contributed by atoms with Crippen molar-refractivity contribution in [2.24, 2.45) is 0 Å². The molecule has 2 saturated heterocycles. The van der Waals surface area contributed by atoms with E-state index in [0.717, 1.165) is 49.0 Å². The Kier molecular flexibility index (Phi) is 8.74. The van der Waals surface area contributed by atoms with E-state index >= 15 is 0 Å². The average Bonchev–Trinajstić information content (AvgIpc) is 3.62. The minimum absolute atomic E-state index is 0.0531. The van der Waals surface area contributed by atoms with E-state index in [0.29, 0.717) is 47.3 Å². The smallest absolute Gasteiger partial charge is 0.236 e. The number of piperazine rings is 1. The lowest BCUT2D eigenvalue weighted by Crippen LogP contribution is -2.58. The van der Waals surface area contributed by atoms with Crippen molar-refractivity contribution in [3.05, 3.63) is 59.0 Å². The number of aryl methyl sites for hydroxylation is 1. The van der Waals surface area contributed by atoms with Crippen LogP contribution in [0.25, 0.3) is 16.9 Å². The van der Waals surface area contributed by atoms with Crippen LogP contribution in [0.5, 0.6) is 0 Å². The summed E-state index contributed by atoms with van der Waals surface area (Å²) in [6, 6.07) is 12.3. The minimum atomic E-state index is -0.505. The Morgan fingerprint density at radius 2 is 1.89 bits per heavy atom. The number of benzene rings is 1. The number of imidazole rings is 1. The first-order valence-electron chi connectivity index (χ1n) is 14.7. The summed E-state index contributed by atoms with van der Waals surface area (Å²) >= 11 is 1.29. The van der Waals surface area contributed by atoms with Gasteiger partial charge in [0.05, 0.1) is 30.6 Å². The van der Waals surface area contributed by atoms with Crippen LogP contribution in [0.1, 0.15) is 17.5 Å². The van der Waals surface area contributed by atoms with Crippen molar-refractivity contribution in [2.45, 2.75) is 19.4 Å². The monoisotopic (exact) mass is 620 g/mol. The Balaban J connectivity index is 1.16. The van der Waals surface area contributed by atoms with Gasteiger partial charge in [-0.15, -0.1) is 0 Å². The molecule has 230 valence electrons. The maximum atomic E-state index is 13.5. The van der Waals surface area contributed by atoms with E-state index in [1.54, 1.807) is 17.0 Å². The third kappa shape index (κ3) is 5.97. The van der Waals surface area contributed by atoms with E-state index in [1.165, 1.54) is 23.5 Å². The van der Waals surface area contributed by atoms with Crippen LogP contribution in [-0.2, 0) is 16.0 Å². The number of aromatic nitrogens is 3. The number of hydrogen-bond acceptors (Lipinski definition) is 9. The SMILES string of the molecule is CCc1nc2ccc(N3CCN(CC(=O)N4CC(OCCF)C4)CC3)cn2c1N(C)c1nc(-c2ccc(F)cc2)c(C#N)s1. The van der Waals surface area contributed by atoms with Crippen molar-refractivity contribution in [1.29, 1.82) is 5.26 Å². The molecular weight excluding hydrogens is 586 g/mol. The fourth-order valence-corrected chi connectivity index (χ4v) is 6.53. The van der Waals surface area contributed by atoms with Gasteiger partial charge in [0.2, 0.25) is 5.91 Å². The van der Waals surface area contributed by atoms with Crippen LogP contribution in [0, 0.1) is 17.1 Å². The predicted octanol–water partition coefficient (Wildman–Crippen LogP) is 4.12. The molecule has 0 unspecified atom stereocenters. The van der Waals surface area contributed by atoms with Crippen LogP contribution >= 0.6 is 11.3 Å². The Morgan fingerprint density at radius 3 is 2.57 bits per heavy atom. The summed E-state index contributed by atoms with van der Waals surface area (Å²) < 4.78 is 33.2. The number of ether oxygens (including phenoxy) is 1. The van der Waals surface area contributed by atoms with E-state index in [4.69, 9.17) is 14.7 Å². The van der Waals surface area contributed by atoms with Gasteiger partial charge >= 0.3 is 0 Å². The van der Waals surface area contributed by atoms with Gasteiger partial charge in [-0.3, -0.25) is 14.1 Å². The molecule has 2 fully saturated rings. The molecular formula is C31H34F2N8O2S. The molecule has 13 heteroatoms. The van der Waals surface area contributed by atoms with Gasteiger partial charge < -0.3 is 19.4 Å². The summed E-state index contributed by atoms with van der Waals surface area (Å²) in [6.07, 6.45) is 2.75. The molecule has 3 aromatic heterocycles. The van der Waals surface area contributed by atoms with Gasteiger partial charge in [-0.05, 0) is 42.8 Å². The molecule has 0 atom stereocenters. The Bertz CT molecular complexity index is 1670. The normalized spacial score (nSPS) is 15.9. The zero-order valence-corrected chi connectivity index (χ0v) is 25.6. The van der Waals surface area contributed by atoms with Crippen LogP contribution in [0.4, 0.5) is 25.4 Å². The number of amides is 1. The summed E-state index contributed by atoms with van der Waals surface area (Å²) in [6.45, 7) is 6.16. The lowest BCUT2D eigenvalue weighted by molar-refractivity contribution is -0.146. The molecule has 4 aromatic rings. The summed E-state index contributed by atoms with van der Waals surface area (Å²) in [4.78, 5) is 31.0. The van der Waals surface area contributed by atoms with Crippen LogP contribution in [0.2, 0.25) is 0 Å². The molecule has 44 heavy (non-hydrogen) atoms. The van der Waals surface area contributed by atoms with Crippen LogP contribution in [-0.4, -0.2) is 102 Å². The maximum absolute atomic E-state index is 13.5. The molecule has 6 rings (SSSR count). The number of likely N-dealkylation sites (tertiary alicyclic amines) is 1. The highest BCUT2D eigenvalue weighted by atomic mass is 32.1. The molecule has 0 radical (unpaired) electrons. The van der Waals surface area contributed by atoms with E-state index < -0.39 is 6.67 Å². The number of rotatable bonds is 10. The van der Waals surface area contributed by atoms with Crippen molar-refractivity contribution in [2.75, 3.05) is 75.9 Å². The fourth-order valence-electron chi connectivity index (χ4n) is 5.69. The number of nitriles is 1. The summed E-state index contributed by atoms with van der Waals surface area (Å²) in [5.41, 5.74) is 4.00. The number of thiazole rings is 1. The van der Waals surface area contributed by atoms with Gasteiger partial charge in [0.1, 0.15) is 40.6 Å². The number of carbonyl (C=O) groups excluding carboxylic acids is 1. The first-order valence-corrected chi connectivity index (χ1v) is 15.5. The quantitative estimate of drug-likeness (QED) is 0.262. The lowest BCUT2D eigenvalue weighted by atomic mass is 10.1. The van der Waals surface area contributed by atoms with Crippen molar-refractivity contribution in [3.8, 4) is 17.3 Å². The number of hydrogen-bond donors (Lipinski definition) is 0. The second-order valence-corrected chi connectivity index (χ2v) is 11.9. The Labute approximate surface area is 258 Å². The summed E-state index contributed by atoms with van der Waals surface area (Å²) in [7, 11) is 1.92. The van der Waals surface area contributed by atoms with Gasteiger partial charge in [0.25, 0.3) is 0 Å². The number of anilines is 3. The van der Waals surface area contributed by atoms with E-state index in [9.17, 15) is 18.8 Å². The van der Waals surface area contributed by atoms with E-state index in [1.807, 2.05) is 18.0 Å². The van der Waals surface area contributed by atoms with Gasteiger partial charge in [-0.25, -0.2) is 18.7 Å². The third-order valence-electron chi connectivity index (χ3n) is 8.15. The molecule has 0 bridgehead atoms. The maximum Gasteiger partial charge on any atom is 0.236 e. The molecule has 0 N–H and O–H groups in total. The first kappa shape index (κ1) is 29.9. The standard InChI is InChI=1S/C31H34F2N8O2S/c1-3-25-30(37(2)31-36-29(26(16-34)44-31)21-4-6-22(33)7-5-21)41-17-23(8-9-27(41)35-25)39-13-11-38(12-14-39)20-28(42)40-18-24(19-40)43-15-10-32/h4-9,17,24H,3,10-15,18-20H2,1-2H3. The van der Waals surface area contributed by atoms with E-state index in [-0.39, 0.29) is 24.4 Å². The summed E-state index contributed by atoms with van der Waals surface area (Å²) in [5, 5.41) is 10.5. The number of nitrogens with zero attached hydrogens (tertiary/aromatic N) is 8. The molecule has 0 aliphatic carbocycles. The van der Waals surface area contributed by atoms with Crippen molar-refractivity contribution in [1.82, 2.24) is 24.2 Å². The molecule has 5 heterocycles. The highest BCUT2D eigenvalue weighted by Crippen LogP contribution is 2.37. The highest BCUT2D eigenvalue weighted by molar-refractivity contribution is 7.16. The number of pyridine rings is 1. The molecule has 1 amide bonds. The first-order chi connectivity index (χ1) is 21.4. The Hall–Kier alpha value is -4.12. The van der Waals surface area contributed by atoms with Crippen molar-refractivity contribution >= 4 is 39.5 Å². The van der Waals surface area contributed by atoms with Gasteiger partial charge in [0.15, 0.2) is 5.13 Å². The number of alkyl halides is 1. The third-order valence-corrected chi connectivity index (χ3v) is 9.19. The molecule has 0 spiro atoms. The molecule has 0 saturated carbocycles. The van der Waals surface area contributed by atoms with Gasteiger partial charge in [0, 0.05) is 58.1 Å². The predicted molar refractivity (Wildman–Crippen MR) is 166 cm³/mol. The second kappa shape index (κ2) is 12.9. The minimum Gasteiger partial charge on any atom is -0.372 e. The molecule has 2 aliphatic heterocycles. The molecule has 10 nitrogen and oxygen atoms in total. The molecule has 2 aliphatic rings. The van der Waals surface area contributed by atoms with Gasteiger partial charge in [-0.1, -0.05) is 18.3 Å². The Morgan fingerprint density at radius 1 is 1.14 bits per heavy atom. The summed E-state index contributed by atoms with van der Waals surface area (Å²) in [5.74, 6) is 0.620. The molecule has 1 aromatic carbocycles. The number of halogens is 2. The second-order valence-electron chi connectivity index (χ2n) is 10.9. The highest BCUT2D eigenvalue weighted by Gasteiger charge is 2.32. The van der Waals surface area contributed by atoms with Crippen LogP contribution in [0.3, 0.4) is 0 Å². The van der Waals surface area contributed by atoms with Crippen molar-refractivity contribution < 1.29 is 18.3 Å². The lowest BCUT2D eigenvalue weighted by Gasteiger charge is -2.41. The largest absolute Gasteiger partial charge is 0.372 e. The fraction of sp³-hybridized carbons (Fsp3) is 0.419.